The zero-order chi connectivity index (χ0) is 21.2. The van der Waals surface area contributed by atoms with Crippen molar-refractivity contribution in [2.24, 2.45) is 0 Å². The van der Waals surface area contributed by atoms with Crippen molar-refractivity contribution in [2.45, 2.75) is 23.6 Å². The van der Waals surface area contributed by atoms with Crippen LogP contribution in [0.3, 0.4) is 0 Å². The molecule has 1 fully saturated rings. The summed E-state index contributed by atoms with van der Waals surface area (Å²) < 4.78 is 53.9. The predicted octanol–water partition coefficient (Wildman–Crippen LogP) is 3.21. The molecule has 0 aliphatic carbocycles. The molecular formula is C20H22F2N2O3S2. The lowest BCUT2D eigenvalue weighted by molar-refractivity contribution is -0.129. The highest BCUT2D eigenvalue weighted by Crippen LogP contribution is 2.24. The Kier molecular flexibility index (Phi) is 6.60. The lowest BCUT2D eigenvalue weighted by atomic mass is 10.2. The van der Waals surface area contributed by atoms with Gasteiger partial charge >= 0.3 is 0 Å². The van der Waals surface area contributed by atoms with Crippen LogP contribution in [0.15, 0.2) is 46.2 Å². The summed E-state index contributed by atoms with van der Waals surface area (Å²) in [6, 6.07) is 8.45. The van der Waals surface area contributed by atoms with E-state index in [1.54, 1.807) is 24.0 Å². The van der Waals surface area contributed by atoms with Crippen molar-refractivity contribution in [1.29, 1.82) is 0 Å². The zero-order valence-electron chi connectivity index (χ0n) is 16.2. The van der Waals surface area contributed by atoms with Gasteiger partial charge in [-0.25, -0.2) is 17.2 Å². The van der Waals surface area contributed by atoms with Crippen molar-refractivity contribution >= 4 is 27.7 Å². The average Bonchev–Trinajstić information content (AvgIpc) is 2.67. The van der Waals surface area contributed by atoms with Gasteiger partial charge in [-0.15, -0.1) is 11.8 Å². The molecule has 2 aromatic carbocycles. The Hall–Kier alpha value is -1.97. The molecule has 1 amide bonds. The second-order valence-electron chi connectivity index (χ2n) is 6.92. The zero-order valence-corrected chi connectivity index (χ0v) is 17.8. The van der Waals surface area contributed by atoms with Gasteiger partial charge in [0.05, 0.1) is 10.6 Å². The smallest absolute Gasteiger partial charge is 0.243 e. The number of aryl methyl sites for hydroxylation is 2. The molecule has 0 N–H and O–H groups in total. The van der Waals surface area contributed by atoms with E-state index in [2.05, 4.69) is 0 Å². The minimum Gasteiger partial charge on any atom is -0.339 e. The third kappa shape index (κ3) is 4.96. The fourth-order valence-electron chi connectivity index (χ4n) is 3.23. The van der Waals surface area contributed by atoms with E-state index < -0.39 is 21.7 Å². The van der Waals surface area contributed by atoms with Gasteiger partial charge in [-0.3, -0.25) is 4.79 Å². The van der Waals surface area contributed by atoms with Crippen LogP contribution < -0.4 is 0 Å². The highest BCUT2D eigenvalue weighted by molar-refractivity contribution is 8.00. The molecular weight excluding hydrogens is 418 g/mol. The van der Waals surface area contributed by atoms with Crippen molar-refractivity contribution in [1.82, 2.24) is 9.21 Å². The number of piperazine rings is 1. The van der Waals surface area contributed by atoms with Crippen LogP contribution in [-0.2, 0) is 14.8 Å². The van der Waals surface area contributed by atoms with Crippen LogP contribution in [0.4, 0.5) is 8.78 Å². The van der Waals surface area contributed by atoms with Crippen LogP contribution in [0.5, 0.6) is 0 Å². The molecule has 1 saturated heterocycles. The van der Waals surface area contributed by atoms with Gasteiger partial charge in [0, 0.05) is 37.1 Å². The van der Waals surface area contributed by atoms with E-state index in [-0.39, 0.29) is 47.6 Å². The lowest BCUT2D eigenvalue weighted by Crippen LogP contribution is -2.51. The van der Waals surface area contributed by atoms with Gasteiger partial charge < -0.3 is 4.90 Å². The molecule has 5 nitrogen and oxygen atoms in total. The quantitative estimate of drug-likeness (QED) is 0.670. The number of carbonyl (C=O) groups is 1. The fraction of sp³-hybridized carbons (Fsp3) is 0.350. The number of hydrogen-bond acceptors (Lipinski definition) is 4. The predicted molar refractivity (Wildman–Crippen MR) is 108 cm³/mol. The second-order valence-corrected chi connectivity index (χ2v) is 9.84. The van der Waals surface area contributed by atoms with E-state index in [0.717, 1.165) is 29.5 Å². The number of thioether (sulfide) groups is 1. The van der Waals surface area contributed by atoms with Crippen LogP contribution in [0.25, 0.3) is 0 Å². The van der Waals surface area contributed by atoms with E-state index in [1.807, 2.05) is 13.0 Å². The van der Waals surface area contributed by atoms with Crippen LogP contribution in [-0.4, -0.2) is 55.5 Å². The van der Waals surface area contributed by atoms with Gasteiger partial charge in [-0.2, -0.15) is 4.31 Å². The summed E-state index contributed by atoms with van der Waals surface area (Å²) in [5, 5.41) is 0. The molecule has 0 aromatic heterocycles. The van der Waals surface area contributed by atoms with Gasteiger partial charge in [0.25, 0.3) is 0 Å². The summed E-state index contributed by atoms with van der Waals surface area (Å²) in [5.41, 5.74) is 1.69. The highest BCUT2D eigenvalue weighted by atomic mass is 32.2. The Balaban J connectivity index is 1.58. The Morgan fingerprint density at radius 2 is 1.72 bits per heavy atom. The molecule has 0 radical (unpaired) electrons. The minimum atomic E-state index is -3.62. The normalized spacial score (nSPS) is 15.5. The molecule has 0 bridgehead atoms. The second kappa shape index (κ2) is 8.81. The first kappa shape index (κ1) is 21.7. The van der Waals surface area contributed by atoms with Gasteiger partial charge in [0.1, 0.15) is 11.6 Å². The average molecular weight is 441 g/mol. The summed E-state index contributed by atoms with van der Waals surface area (Å²) in [4.78, 5) is 14.5. The molecule has 2 aromatic rings. The van der Waals surface area contributed by atoms with Crippen LogP contribution in [0.2, 0.25) is 0 Å². The number of halogens is 2. The molecule has 1 aliphatic heterocycles. The first-order valence-electron chi connectivity index (χ1n) is 9.11. The number of benzene rings is 2. The first-order valence-corrected chi connectivity index (χ1v) is 11.5. The van der Waals surface area contributed by atoms with Crippen molar-refractivity contribution < 1.29 is 22.0 Å². The molecule has 0 spiro atoms. The summed E-state index contributed by atoms with van der Waals surface area (Å²) in [6.45, 7) is 4.63. The van der Waals surface area contributed by atoms with Gasteiger partial charge in [0.15, 0.2) is 0 Å². The third-order valence-corrected chi connectivity index (χ3v) is 7.88. The SMILES string of the molecule is Cc1ccc(S(=O)(=O)N2CCN(C(=O)CSc3ccc(F)cc3F)CC2)c(C)c1. The summed E-state index contributed by atoms with van der Waals surface area (Å²) in [5.74, 6) is -1.57. The first-order chi connectivity index (χ1) is 13.7. The van der Waals surface area contributed by atoms with Crippen molar-refractivity contribution in [3.05, 3.63) is 59.2 Å². The molecule has 0 atom stereocenters. The maximum Gasteiger partial charge on any atom is 0.243 e. The van der Waals surface area contributed by atoms with Crippen LogP contribution in [0.1, 0.15) is 11.1 Å². The molecule has 1 aliphatic rings. The molecule has 0 unspecified atom stereocenters. The van der Waals surface area contributed by atoms with Crippen molar-refractivity contribution in [3.8, 4) is 0 Å². The molecule has 156 valence electrons. The Bertz CT molecular complexity index is 1020. The number of carbonyl (C=O) groups excluding carboxylic acids is 1. The standard InChI is InChI=1S/C20H22F2N2O3S2/c1-14-3-6-19(15(2)11-14)29(26,27)24-9-7-23(8-10-24)20(25)13-28-18-5-4-16(21)12-17(18)22/h3-6,11-12H,7-10,13H2,1-2H3. The Morgan fingerprint density at radius 3 is 2.34 bits per heavy atom. The van der Waals surface area contributed by atoms with Crippen LogP contribution in [0, 0.1) is 25.5 Å². The van der Waals surface area contributed by atoms with E-state index in [9.17, 15) is 22.0 Å². The number of nitrogens with zero attached hydrogens (tertiary/aromatic N) is 2. The number of amides is 1. The fourth-order valence-corrected chi connectivity index (χ4v) is 5.68. The maximum absolute atomic E-state index is 13.7. The Labute approximate surface area is 173 Å². The van der Waals surface area contributed by atoms with Gasteiger partial charge in [-0.05, 0) is 37.6 Å². The monoisotopic (exact) mass is 440 g/mol. The Morgan fingerprint density at radius 1 is 1.03 bits per heavy atom. The summed E-state index contributed by atoms with van der Waals surface area (Å²) in [6.07, 6.45) is 0. The van der Waals surface area contributed by atoms with E-state index in [4.69, 9.17) is 0 Å². The maximum atomic E-state index is 13.7. The number of rotatable bonds is 5. The van der Waals surface area contributed by atoms with Crippen molar-refractivity contribution in [2.75, 3.05) is 31.9 Å². The van der Waals surface area contributed by atoms with E-state index in [0.29, 0.717) is 5.56 Å². The lowest BCUT2D eigenvalue weighted by Gasteiger charge is -2.34. The topological polar surface area (TPSA) is 57.7 Å². The molecule has 9 heteroatoms. The van der Waals surface area contributed by atoms with Gasteiger partial charge in [-0.1, -0.05) is 17.7 Å². The highest BCUT2D eigenvalue weighted by Gasteiger charge is 2.31. The molecule has 3 rings (SSSR count). The molecule has 29 heavy (non-hydrogen) atoms. The largest absolute Gasteiger partial charge is 0.339 e. The summed E-state index contributed by atoms with van der Waals surface area (Å²) >= 11 is 0.999. The molecule has 0 saturated carbocycles. The van der Waals surface area contributed by atoms with Crippen LogP contribution >= 0.6 is 11.8 Å². The van der Waals surface area contributed by atoms with Gasteiger partial charge in [0.2, 0.25) is 15.9 Å². The third-order valence-electron chi connectivity index (χ3n) is 4.78. The number of sulfonamides is 1. The minimum absolute atomic E-state index is 0.00632. The number of hydrogen-bond donors (Lipinski definition) is 0. The van der Waals surface area contributed by atoms with E-state index >= 15 is 0 Å². The molecule has 1 heterocycles. The van der Waals surface area contributed by atoms with E-state index in [1.165, 1.54) is 10.4 Å². The summed E-state index contributed by atoms with van der Waals surface area (Å²) in [7, 11) is -3.62. The van der Waals surface area contributed by atoms with Crippen molar-refractivity contribution in [3.63, 3.8) is 0 Å².